The van der Waals surface area contributed by atoms with Crippen molar-refractivity contribution >= 4 is 23.2 Å². The van der Waals surface area contributed by atoms with Gasteiger partial charge in [0.15, 0.2) is 5.78 Å². The first kappa shape index (κ1) is 16.8. The van der Waals surface area contributed by atoms with Crippen molar-refractivity contribution in [2.24, 2.45) is 0 Å². The number of nitrogens with one attached hydrogen (secondary N) is 1. The summed E-state index contributed by atoms with van der Waals surface area (Å²) < 4.78 is 0. The first-order chi connectivity index (χ1) is 11.3. The summed E-state index contributed by atoms with van der Waals surface area (Å²) in [5.74, 6) is 0.827. The number of carbonyl (C=O) groups excluding carboxylic acids is 1. The molecule has 126 valence electrons. The van der Waals surface area contributed by atoms with E-state index in [0.29, 0.717) is 5.16 Å². The Balaban J connectivity index is 1.84. The number of aromatic amines is 1. The molecule has 0 saturated carbocycles. The van der Waals surface area contributed by atoms with Crippen LogP contribution in [0.25, 0.3) is 0 Å². The predicted octanol–water partition coefficient (Wildman–Crippen LogP) is 3.47. The Morgan fingerprint density at radius 3 is 2.71 bits per heavy atom. The molecular formula is C18H22N4OS. The predicted molar refractivity (Wildman–Crippen MR) is 97.4 cm³/mol. The highest BCUT2D eigenvalue weighted by atomic mass is 32.2. The normalized spacial score (nSPS) is 18.7. The summed E-state index contributed by atoms with van der Waals surface area (Å²) in [5, 5.41) is 7.26. The van der Waals surface area contributed by atoms with Gasteiger partial charge in [-0.15, -0.1) is 5.10 Å². The molecule has 0 fully saturated rings. The average Bonchev–Trinajstić information content (AvgIpc) is 3.03. The fraction of sp³-hybridized carbons (Fsp3) is 0.389. The molecule has 0 radical (unpaired) electrons. The molecule has 1 aliphatic rings. The van der Waals surface area contributed by atoms with Crippen LogP contribution < -0.4 is 4.90 Å². The van der Waals surface area contributed by atoms with Gasteiger partial charge < -0.3 is 4.90 Å². The summed E-state index contributed by atoms with van der Waals surface area (Å²) in [7, 11) is 2.02. The maximum absolute atomic E-state index is 12.7. The summed E-state index contributed by atoms with van der Waals surface area (Å²) in [6.07, 6.45) is 1.77. The van der Waals surface area contributed by atoms with E-state index >= 15 is 0 Å². The Bertz CT molecular complexity index is 809. The molecule has 5 nitrogen and oxygen atoms in total. The second-order valence-electron chi connectivity index (χ2n) is 6.60. The molecule has 1 aromatic heterocycles. The summed E-state index contributed by atoms with van der Waals surface area (Å²) in [6.45, 7) is 8.05. The smallest absolute Gasteiger partial charge is 0.209 e. The lowest BCUT2D eigenvalue weighted by Crippen LogP contribution is -2.25. The zero-order valence-electron chi connectivity index (χ0n) is 14.6. The van der Waals surface area contributed by atoms with E-state index in [4.69, 9.17) is 0 Å². The van der Waals surface area contributed by atoms with Gasteiger partial charge in [0.1, 0.15) is 5.82 Å². The summed E-state index contributed by atoms with van der Waals surface area (Å²) in [4.78, 5) is 19.1. The van der Waals surface area contributed by atoms with E-state index in [9.17, 15) is 4.79 Å². The Kier molecular flexibility index (Phi) is 4.25. The number of fused-ring (bicyclic) bond motifs is 1. The van der Waals surface area contributed by atoms with Gasteiger partial charge in [-0.2, -0.15) is 0 Å². The zero-order valence-corrected chi connectivity index (χ0v) is 15.4. The van der Waals surface area contributed by atoms with Crippen molar-refractivity contribution in [1.82, 2.24) is 15.2 Å². The SMILES string of the molecule is Cc1nc(SC(C)C(=O)/C=C2\N(C)c3ccccc3C2(C)C)n[nH]1. The number of anilines is 1. The van der Waals surface area contributed by atoms with Crippen LogP contribution in [0.1, 0.15) is 32.2 Å². The third kappa shape index (κ3) is 2.86. The van der Waals surface area contributed by atoms with Gasteiger partial charge in [-0.05, 0) is 25.5 Å². The second kappa shape index (κ2) is 6.09. The molecule has 1 unspecified atom stereocenters. The second-order valence-corrected chi connectivity index (χ2v) is 7.90. The van der Waals surface area contributed by atoms with E-state index < -0.39 is 0 Å². The first-order valence-electron chi connectivity index (χ1n) is 7.95. The number of para-hydroxylation sites is 1. The molecule has 0 saturated heterocycles. The quantitative estimate of drug-likeness (QED) is 0.681. The number of likely N-dealkylation sites (N-methyl/N-ethyl adjacent to an activating group) is 1. The minimum atomic E-state index is -0.236. The van der Waals surface area contributed by atoms with E-state index in [2.05, 4.69) is 46.1 Å². The van der Waals surface area contributed by atoms with Gasteiger partial charge in [-0.25, -0.2) is 4.98 Å². The molecule has 2 heterocycles. The Morgan fingerprint density at radius 1 is 1.38 bits per heavy atom. The number of hydrogen-bond acceptors (Lipinski definition) is 5. The monoisotopic (exact) mass is 342 g/mol. The molecule has 0 aliphatic carbocycles. The number of thioether (sulfide) groups is 1. The minimum absolute atomic E-state index is 0.0742. The highest BCUT2D eigenvalue weighted by Crippen LogP contribution is 2.46. The first-order valence-corrected chi connectivity index (χ1v) is 8.83. The molecule has 2 aromatic rings. The number of benzene rings is 1. The Morgan fingerprint density at radius 2 is 2.08 bits per heavy atom. The third-order valence-electron chi connectivity index (χ3n) is 4.48. The van der Waals surface area contributed by atoms with Gasteiger partial charge in [-0.3, -0.25) is 9.89 Å². The minimum Gasteiger partial charge on any atom is -0.347 e. The van der Waals surface area contributed by atoms with Crippen LogP contribution in [0.4, 0.5) is 5.69 Å². The number of aromatic nitrogens is 3. The molecule has 0 spiro atoms. The lowest BCUT2D eigenvalue weighted by molar-refractivity contribution is -0.114. The topological polar surface area (TPSA) is 61.9 Å². The molecule has 6 heteroatoms. The van der Waals surface area contributed by atoms with Crippen molar-refractivity contribution in [3.8, 4) is 0 Å². The lowest BCUT2D eigenvalue weighted by Gasteiger charge is -2.24. The lowest BCUT2D eigenvalue weighted by atomic mass is 9.83. The van der Waals surface area contributed by atoms with Crippen molar-refractivity contribution in [2.75, 3.05) is 11.9 Å². The number of H-pyrrole nitrogens is 1. The standard InChI is InChI=1S/C18H22N4OS/c1-11(24-17-19-12(2)20-21-17)15(23)10-16-18(3,4)13-8-6-7-9-14(13)22(16)5/h6-11H,1-5H3,(H,19,20,21)/b16-10-. The maximum Gasteiger partial charge on any atom is 0.209 e. The number of aryl methyl sites for hydroxylation is 1. The highest BCUT2D eigenvalue weighted by Gasteiger charge is 2.38. The van der Waals surface area contributed by atoms with Crippen molar-refractivity contribution in [3.63, 3.8) is 0 Å². The van der Waals surface area contributed by atoms with Gasteiger partial charge in [-0.1, -0.05) is 43.8 Å². The number of rotatable bonds is 4. The maximum atomic E-state index is 12.7. The van der Waals surface area contributed by atoms with E-state index in [-0.39, 0.29) is 16.4 Å². The van der Waals surface area contributed by atoms with Crippen LogP contribution in [-0.2, 0) is 10.2 Å². The number of ketones is 1. The molecule has 1 aliphatic heterocycles. The molecule has 1 N–H and O–H groups in total. The average molecular weight is 342 g/mol. The molecule has 24 heavy (non-hydrogen) atoms. The highest BCUT2D eigenvalue weighted by molar-refractivity contribution is 8.00. The fourth-order valence-electron chi connectivity index (χ4n) is 3.10. The van der Waals surface area contributed by atoms with Crippen molar-refractivity contribution in [2.45, 2.75) is 43.5 Å². The largest absolute Gasteiger partial charge is 0.347 e. The van der Waals surface area contributed by atoms with Crippen LogP contribution in [0.3, 0.4) is 0 Å². The van der Waals surface area contributed by atoms with Gasteiger partial charge >= 0.3 is 0 Å². The van der Waals surface area contributed by atoms with Crippen LogP contribution in [0.2, 0.25) is 0 Å². The Labute approximate surface area is 146 Å². The van der Waals surface area contributed by atoms with Gasteiger partial charge in [0.25, 0.3) is 0 Å². The van der Waals surface area contributed by atoms with E-state index in [1.165, 1.54) is 17.3 Å². The molecule has 0 amide bonds. The van der Waals surface area contributed by atoms with Crippen molar-refractivity contribution in [1.29, 1.82) is 0 Å². The van der Waals surface area contributed by atoms with Gasteiger partial charge in [0.2, 0.25) is 5.16 Å². The number of carbonyl (C=O) groups is 1. The molecule has 1 aromatic carbocycles. The molecular weight excluding hydrogens is 320 g/mol. The van der Waals surface area contributed by atoms with Crippen LogP contribution in [0.15, 0.2) is 41.2 Å². The van der Waals surface area contributed by atoms with Gasteiger partial charge in [0.05, 0.1) is 5.25 Å². The number of nitrogens with zero attached hydrogens (tertiary/aromatic N) is 3. The number of hydrogen-bond donors (Lipinski definition) is 1. The summed E-state index contributed by atoms with van der Waals surface area (Å²) in [5.41, 5.74) is 3.24. The van der Waals surface area contributed by atoms with Crippen molar-refractivity contribution in [3.05, 3.63) is 47.4 Å². The summed E-state index contributed by atoms with van der Waals surface area (Å²) in [6, 6.07) is 8.30. The summed E-state index contributed by atoms with van der Waals surface area (Å²) >= 11 is 1.38. The van der Waals surface area contributed by atoms with E-state index in [0.717, 1.165) is 17.2 Å². The fourth-order valence-corrected chi connectivity index (χ4v) is 3.89. The number of allylic oxidation sites excluding steroid dienone is 2. The molecule has 0 bridgehead atoms. The molecule has 1 atom stereocenters. The third-order valence-corrected chi connectivity index (χ3v) is 5.46. The molecule has 3 rings (SSSR count). The van der Waals surface area contributed by atoms with Crippen LogP contribution in [0, 0.1) is 6.92 Å². The van der Waals surface area contributed by atoms with E-state index in [1.54, 1.807) is 6.08 Å². The van der Waals surface area contributed by atoms with Crippen LogP contribution in [0.5, 0.6) is 0 Å². The van der Waals surface area contributed by atoms with Crippen LogP contribution >= 0.6 is 11.8 Å². The van der Waals surface area contributed by atoms with Crippen molar-refractivity contribution < 1.29 is 4.79 Å². The van der Waals surface area contributed by atoms with Crippen LogP contribution in [-0.4, -0.2) is 33.3 Å². The Hall–Kier alpha value is -2.08. The van der Waals surface area contributed by atoms with Gasteiger partial charge in [0, 0.05) is 29.9 Å². The van der Waals surface area contributed by atoms with E-state index in [1.807, 2.05) is 33.0 Å². The zero-order chi connectivity index (χ0) is 17.5.